The van der Waals surface area contributed by atoms with E-state index in [1.54, 1.807) is 11.3 Å². The van der Waals surface area contributed by atoms with E-state index in [-0.39, 0.29) is 5.91 Å². The Kier molecular flexibility index (Phi) is 4.09. The summed E-state index contributed by atoms with van der Waals surface area (Å²) in [6, 6.07) is 10.0. The quantitative estimate of drug-likeness (QED) is 0.731. The van der Waals surface area contributed by atoms with E-state index in [0.717, 1.165) is 26.8 Å². The van der Waals surface area contributed by atoms with Gasteiger partial charge in [0.15, 0.2) is 0 Å². The summed E-state index contributed by atoms with van der Waals surface area (Å²) < 4.78 is 0. The molecule has 1 N–H and O–H groups in total. The summed E-state index contributed by atoms with van der Waals surface area (Å²) in [5, 5.41) is 5.90. The van der Waals surface area contributed by atoms with Crippen molar-refractivity contribution in [1.29, 1.82) is 0 Å². The highest BCUT2D eigenvalue weighted by Gasteiger charge is 2.17. The van der Waals surface area contributed by atoms with Crippen LogP contribution in [0.15, 0.2) is 35.7 Å². The van der Waals surface area contributed by atoms with Crippen LogP contribution >= 0.6 is 22.7 Å². The lowest BCUT2D eigenvalue weighted by molar-refractivity contribution is 0.102. The maximum atomic E-state index is 12.5. The van der Waals surface area contributed by atoms with Crippen LogP contribution < -0.4 is 5.32 Å². The summed E-state index contributed by atoms with van der Waals surface area (Å²) in [5.41, 5.74) is 3.87. The van der Waals surface area contributed by atoms with Gasteiger partial charge in [0.2, 0.25) is 0 Å². The van der Waals surface area contributed by atoms with Crippen LogP contribution in [0.4, 0.5) is 5.69 Å². The monoisotopic (exact) mass is 328 g/mol. The molecule has 2 heterocycles. The van der Waals surface area contributed by atoms with E-state index in [4.69, 9.17) is 0 Å². The highest BCUT2D eigenvalue weighted by atomic mass is 32.1. The third-order valence-electron chi connectivity index (χ3n) is 3.36. The predicted octanol–water partition coefficient (Wildman–Crippen LogP) is 5.05. The first kappa shape index (κ1) is 14.9. The van der Waals surface area contributed by atoms with Crippen molar-refractivity contribution in [2.75, 3.05) is 5.32 Å². The molecule has 5 heteroatoms. The number of nitrogens with one attached hydrogen (secondary N) is 1. The summed E-state index contributed by atoms with van der Waals surface area (Å²) in [6.07, 6.45) is 0. The minimum atomic E-state index is -0.0928. The molecular weight excluding hydrogens is 312 g/mol. The molecule has 0 aliphatic carbocycles. The second kappa shape index (κ2) is 6.02. The molecule has 0 unspecified atom stereocenters. The molecule has 3 rings (SSSR count). The molecule has 3 nitrogen and oxygen atoms in total. The molecule has 0 spiro atoms. The summed E-state index contributed by atoms with van der Waals surface area (Å²) in [7, 11) is 0. The van der Waals surface area contributed by atoms with Gasteiger partial charge in [0.1, 0.15) is 9.88 Å². The van der Waals surface area contributed by atoms with E-state index in [1.165, 1.54) is 16.9 Å². The molecule has 0 saturated heterocycles. The standard InChI is InChI=1S/C17H16N2OS2/c1-10-6-7-13(11(2)9-10)19-16(20)15-12(3)18-17(22-15)14-5-4-8-21-14/h4-9H,1-3H3,(H,19,20). The van der Waals surface area contributed by atoms with Gasteiger partial charge in [-0.25, -0.2) is 4.98 Å². The summed E-state index contributed by atoms with van der Waals surface area (Å²) in [4.78, 5) is 18.8. The number of nitrogens with zero attached hydrogens (tertiary/aromatic N) is 1. The van der Waals surface area contributed by atoms with Crippen LogP contribution in [0.5, 0.6) is 0 Å². The fraction of sp³-hybridized carbons (Fsp3) is 0.176. The normalized spacial score (nSPS) is 10.7. The molecule has 112 valence electrons. The fourth-order valence-corrected chi connectivity index (χ4v) is 4.00. The molecule has 0 fully saturated rings. The minimum Gasteiger partial charge on any atom is -0.321 e. The van der Waals surface area contributed by atoms with Crippen molar-refractivity contribution < 1.29 is 4.79 Å². The molecule has 0 radical (unpaired) electrons. The highest BCUT2D eigenvalue weighted by molar-refractivity contribution is 7.22. The average molecular weight is 328 g/mol. The van der Waals surface area contributed by atoms with E-state index in [1.807, 2.05) is 50.4 Å². The number of hydrogen-bond donors (Lipinski definition) is 1. The van der Waals surface area contributed by atoms with E-state index >= 15 is 0 Å². The van der Waals surface area contributed by atoms with Crippen molar-refractivity contribution in [2.45, 2.75) is 20.8 Å². The first-order valence-electron chi connectivity index (χ1n) is 6.94. The second-order valence-electron chi connectivity index (χ2n) is 5.18. The largest absolute Gasteiger partial charge is 0.321 e. The molecular formula is C17H16N2OS2. The smallest absolute Gasteiger partial charge is 0.267 e. The van der Waals surface area contributed by atoms with Gasteiger partial charge in [0, 0.05) is 5.69 Å². The van der Waals surface area contributed by atoms with Crippen LogP contribution in [0, 0.1) is 20.8 Å². The number of amides is 1. The first-order valence-corrected chi connectivity index (χ1v) is 8.64. The van der Waals surface area contributed by atoms with Crippen molar-refractivity contribution in [3.05, 3.63) is 57.4 Å². The second-order valence-corrected chi connectivity index (χ2v) is 7.13. The number of thiophene rings is 1. The van der Waals surface area contributed by atoms with Crippen molar-refractivity contribution >= 4 is 34.3 Å². The van der Waals surface area contributed by atoms with Crippen molar-refractivity contribution in [2.24, 2.45) is 0 Å². The molecule has 0 aliphatic heterocycles. The van der Waals surface area contributed by atoms with E-state index in [2.05, 4.69) is 16.4 Å². The van der Waals surface area contributed by atoms with Crippen LogP contribution in [0.2, 0.25) is 0 Å². The number of thiazole rings is 1. The van der Waals surface area contributed by atoms with Crippen molar-refractivity contribution in [3.63, 3.8) is 0 Å². The molecule has 22 heavy (non-hydrogen) atoms. The molecule has 1 amide bonds. The van der Waals surface area contributed by atoms with Gasteiger partial charge in [-0.15, -0.1) is 22.7 Å². The molecule has 0 atom stereocenters. The van der Waals surface area contributed by atoms with Crippen LogP contribution in [0.3, 0.4) is 0 Å². The first-order chi connectivity index (χ1) is 10.5. The summed E-state index contributed by atoms with van der Waals surface area (Å²) in [6.45, 7) is 5.92. The predicted molar refractivity (Wildman–Crippen MR) is 94.0 cm³/mol. The Morgan fingerprint density at radius 2 is 2.00 bits per heavy atom. The molecule has 3 aromatic rings. The fourth-order valence-electron chi connectivity index (χ4n) is 2.25. The number of benzene rings is 1. The van der Waals surface area contributed by atoms with Gasteiger partial charge in [0.25, 0.3) is 5.91 Å². The Labute approximate surface area is 137 Å². The van der Waals surface area contributed by atoms with Gasteiger partial charge >= 0.3 is 0 Å². The molecule has 0 bridgehead atoms. The van der Waals surface area contributed by atoms with Crippen LogP contribution in [0.25, 0.3) is 9.88 Å². The SMILES string of the molecule is Cc1ccc(NC(=O)c2sc(-c3cccs3)nc2C)c(C)c1. The number of hydrogen-bond acceptors (Lipinski definition) is 4. The van der Waals surface area contributed by atoms with E-state index < -0.39 is 0 Å². The lowest BCUT2D eigenvalue weighted by Gasteiger charge is -2.08. The number of aromatic nitrogens is 1. The third kappa shape index (κ3) is 2.96. The highest BCUT2D eigenvalue weighted by Crippen LogP contribution is 2.31. The minimum absolute atomic E-state index is 0.0928. The zero-order valence-electron chi connectivity index (χ0n) is 12.6. The van der Waals surface area contributed by atoms with Gasteiger partial charge in [0.05, 0.1) is 10.6 Å². The number of rotatable bonds is 3. The molecule has 1 aromatic carbocycles. The maximum absolute atomic E-state index is 12.5. The van der Waals surface area contributed by atoms with Gasteiger partial charge < -0.3 is 5.32 Å². The van der Waals surface area contributed by atoms with Gasteiger partial charge in [-0.3, -0.25) is 4.79 Å². The Hall–Kier alpha value is -1.98. The Balaban J connectivity index is 1.86. The van der Waals surface area contributed by atoms with Crippen LogP contribution in [-0.4, -0.2) is 10.9 Å². The van der Waals surface area contributed by atoms with E-state index in [0.29, 0.717) is 4.88 Å². The van der Waals surface area contributed by atoms with Crippen LogP contribution in [-0.2, 0) is 0 Å². The van der Waals surface area contributed by atoms with Crippen LogP contribution in [0.1, 0.15) is 26.5 Å². The summed E-state index contributed by atoms with van der Waals surface area (Å²) in [5.74, 6) is -0.0928. The lowest BCUT2D eigenvalue weighted by Crippen LogP contribution is -2.12. The number of carbonyl (C=O) groups is 1. The third-order valence-corrected chi connectivity index (χ3v) is 5.56. The van der Waals surface area contributed by atoms with E-state index in [9.17, 15) is 4.79 Å². The maximum Gasteiger partial charge on any atom is 0.267 e. The topological polar surface area (TPSA) is 42.0 Å². The average Bonchev–Trinajstić information content (AvgIpc) is 3.10. The molecule has 2 aromatic heterocycles. The Morgan fingerprint density at radius 1 is 1.18 bits per heavy atom. The van der Waals surface area contributed by atoms with Crippen molar-refractivity contribution in [1.82, 2.24) is 4.98 Å². The molecule has 0 aliphatic rings. The lowest BCUT2D eigenvalue weighted by atomic mass is 10.1. The number of aryl methyl sites for hydroxylation is 3. The zero-order chi connectivity index (χ0) is 15.7. The van der Waals surface area contributed by atoms with Gasteiger partial charge in [-0.2, -0.15) is 0 Å². The zero-order valence-corrected chi connectivity index (χ0v) is 14.3. The number of carbonyl (C=O) groups excluding carboxylic acids is 1. The summed E-state index contributed by atoms with van der Waals surface area (Å²) >= 11 is 3.07. The van der Waals surface area contributed by atoms with Gasteiger partial charge in [-0.1, -0.05) is 23.8 Å². The van der Waals surface area contributed by atoms with Crippen molar-refractivity contribution in [3.8, 4) is 9.88 Å². The Morgan fingerprint density at radius 3 is 2.68 bits per heavy atom. The number of anilines is 1. The van der Waals surface area contributed by atoms with Gasteiger partial charge in [-0.05, 0) is 43.8 Å². The Bertz CT molecular complexity index is 819. The molecule has 0 saturated carbocycles.